The van der Waals surface area contributed by atoms with Gasteiger partial charge in [-0.15, -0.1) is 0 Å². The van der Waals surface area contributed by atoms with Crippen molar-refractivity contribution in [3.05, 3.63) is 70.4 Å². The van der Waals surface area contributed by atoms with E-state index in [-0.39, 0.29) is 0 Å². The van der Waals surface area contributed by atoms with Crippen LogP contribution in [0.25, 0.3) is 0 Å². The number of aryl methyl sites for hydroxylation is 1. The van der Waals surface area contributed by atoms with Crippen molar-refractivity contribution >= 4 is 8.58 Å². The van der Waals surface area contributed by atoms with Gasteiger partial charge in [-0.3, -0.25) is 9.88 Å². The maximum atomic E-state index is 6.22. The van der Waals surface area contributed by atoms with E-state index in [4.69, 9.17) is 10.5 Å². The fraction of sp³-hybridized carbons (Fsp3) is 0.480. The van der Waals surface area contributed by atoms with Crippen LogP contribution in [-0.4, -0.2) is 29.2 Å². The maximum absolute atomic E-state index is 6.22. The van der Waals surface area contributed by atoms with Gasteiger partial charge >= 0.3 is 0 Å². The number of nitrogens with zero attached hydrogens (tertiary/aromatic N) is 2. The highest BCUT2D eigenvalue weighted by Gasteiger charge is 2.17. The van der Waals surface area contributed by atoms with E-state index in [1.807, 2.05) is 12.3 Å². The van der Waals surface area contributed by atoms with Crippen LogP contribution >= 0.6 is 8.58 Å². The number of aromatic nitrogens is 1. The van der Waals surface area contributed by atoms with Gasteiger partial charge in [0.15, 0.2) is 0 Å². The first-order chi connectivity index (χ1) is 14.6. The topological polar surface area (TPSA) is 51.4 Å². The van der Waals surface area contributed by atoms with Gasteiger partial charge in [0.25, 0.3) is 0 Å². The molecule has 0 bridgehead atoms. The highest BCUT2D eigenvalue weighted by Crippen LogP contribution is 2.29. The Hall–Kier alpha value is -1.90. The molecule has 2 aromatic rings. The summed E-state index contributed by atoms with van der Waals surface area (Å²) in [5.41, 5.74) is 12.7. The van der Waals surface area contributed by atoms with Crippen molar-refractivity contribution in [3.8, 4) is 5.75 Å². The summed E-state index contributed by atoms with van der Waals surface area (Å²) in [4.78, 5) is 6.74. The van der Waals surface area contributed by atoms with Gasteiger partial charge in [-0.1, -0.05) is 40.6 Å². The number of rotatable bonds is 9. The third-order valence-electron chi connectivity index (χ3n) is 5.92. The molecule has 0 fully saturated rings. The smallest absolute Gasteiger partial charge is 0.126 e. The number of hydrogen-bond acceptors (Lipinski definition) is 4. The van der Waals surface area contributed by atoms with E-state index in [2.05, 4.69) is 54.7 Å². The normalized spacial score (nSPS) is 16.3. The van der Waals surface area contributed by atoms with Crippen molar-refractivity contribution in [3.63, 3.8) is 0 Å². The van der Waals surface area contributed by atoms with Crippen molar-refractivity contribution in [2.45, 2.75) is 59.0 Å². The molecule has 0 radical (unpaired) electrons. The van der Waals surface area contributed by atoms with Crippen LogP contribution in [0.1, 0.15) is 61.3 Å². The van der Waals surface area contributed by atoms with Crippen molar-refractivity contribution in [1.82, 2.24) is 9.88 Å². The van der Waals surface area contributed by atoms with Gasteiger partial charge in [0.2, 0.25) is 0 Å². The minimum absolute atomic E-state index is 0.554. The summed E-state index contributed by atoms with van der Waals surface area (Å²) in [5, 5.41) is 0. The van der Waals surface area contributed by atoms with Gasteiger partial charge in [-0.2, -0.15) is 0 Å². The average molecular weight is 426 g/mol. The summed E-state index contributed by atoms with van der Waals surface area (Å²) in [6.07, 6.45) is 8.16. The number of pyridine rings is 1. The van der Waals surface area contributed by atoms with Crippen LogP contribution in [0.15, 0.2) is 48.2 Å². The second kappa shape index (κ2) is 11.5. The van der Waals surface area contributed by atoms with Crippen LogP contribution in [0.4, 0.5) is 0 Å². The number of allylic oxidation sites excluding steroid dienone is 1. The number of benzene rings is 1. The average Bonchev–Trinajstić information content (AvgIpc) is 2.96. The second-order valence-electron chi connectivity index (χ2n) is 8.15. The Morgan fingerprint density at radius 1 is 1.33 bits per heavy atom. The second-order valence-corrected chi connectivity index (χ2v) is 9.55. The molecule has 0 amide bonds. The van der Waals surface area contributed by atoms with Crippen molar-refractivity contribution in [2.75, 3.05) is 19.3 Å². The molecule has 2 heterocycles. The molecule has 1 aromatic carbocycles. The summed E-state index contributed by atoms with van der Waals surface area (Å²) in [6, 6.07) is 8.99. The molecule has 4 nitrogen and oxygen atoms in total. The number of nitrogens with two attached hydrogens (primary N) is 1. The molecule has 1 aliphatic rings. The van der Waals surface area contributed by atoms with Crippen LogP contribution < -0.4 is 10.5 Å². The highest BCUT2D eigenvalue weighted by atomic mass is 31.1. The predicted octanol–water partition coefficient (Wildman–Crippen LogP) is 5.56. The maximum Gasteiger partial charge on any atom is 0.126 e. The van der Waals surface area contributed by atoms with E-state index in [1.54, 1.807) is 6.20 Å². The van der Waals surface area contributed by atoms with Crippen LogP contribution in [-0.2, 0) is 13.1 Å². The monoisotopic (exact) mass is 425 g/mol. The fourth-order valence-corrected chi connectivity index (χ4v) is 4.63. The first-order valence-corrected chi connectivity index (χ1v) is 12.4. The molecule has 0 saturated heterocycles. The molecule has 0 saturated carbocycles. The standard InChI is InChI=1S/C25H36N3OP/c1-4-20(8-9-24(26)18-30-5-2)21-7-6-19(3)22(14-21)16-28-12-13-29-25-10-11-27-15-23(25)17-28/h6-7,10-11,14-15,18,20,30H,4-5,8-9,12-13,16-17,26H2,1-3H3/b24-18-. The molecule has 2 N–H and O–H groups in total. The number of fused-ring (bicyclic) bond motifs is 1. The molecule has 0 spiro atoms. The molecular formula is C25H36N3OP. The largest absolute Gasteiger partial charge is 0.492 e. The van der Waals surface area contributed by atoms with Gasteiger partial charge in [-0.05, 0) is 66.8 Å². The summed E-state index contributed by atoms with van der Waals surface area (Å²) in [5.74, 6) is 3.75. The molecule has 0 aliphatic carbocycles. The van der Waals surface area contributed by atoms with Gasteiger partial charge in [-0.25, -0.2) is 0 Å². The number of ether oxygens (including phenoxy) is 1. The molecule has 1 aliphatic heterocycles. The van der Waals surface area contributed by atoms with Gasteiger partial charge in [0.1, 0.15) is 12.4 Å². The van der Waals surface area contributed by atoms with Gasteiger partial charge < -0.3 is 10.5 Å². The molecular weight excluding hydrogens is 389 g/mol. The third-order valence-corrected chi connectivity index (χ3v) is 6.91. The lowest BCUT2D eigenvalue weighted by molar-refractivity contribution is 0.219. The summed E-state index contributed by atoms with van der Waals surface area (Å²) in [7, 11) is 0.844. The van der Waals surface area contributed by atoms with Crippen molar-refractivity contribution in [1.29, 1.82) is 0 Å². The Kier molecular flexibility index (Phi) is 8.72. The molecule has 30 heavy (non-hydrogen) atoms. The number of hydrogen-bond donors (Lipinski definition) is 1. The molecule has 5 heteroatoms. The summed E-state index contributed by atoms with van der Waals surface area (Å²) < 4.78 is 5.91. The zero-order valence-electron chi connectivity index (χ0n) is 18.7. The third kappa shape index (κ3) is 6.30. The summed E-state index contributed by atoms with van der Waals surface area (Å²) >= 11 is 0. The molecule has 2 atom stereocenters. The Balaban J connectivity index is 1.69. The van der Waals surface area contributed by atoms with E-state index in [0.29, 0.717) is 5.92 Å². The summed E-state index contributed by atoms with van der Waals surface area (Å²) in [6.45, 7) is 10.2. The van der Waals surface area contributed by atoms with E-state index in [0.717, 1.165) is 65.5 Å². The van der Waals surface area contributed by atoms with E-state index in [9.17, 15) is 0 Å². The zero-order valence-corrected chi connectivity index (χ0v) is 19.7. The predicted molar refractivity (Wildman–Crippen MR) is 128 cm³/mol. The minimum atomic E-state index is 0.554. The van der Waals surface area contributed by atoms with Crippen LogP contribution in [0.3, 0.4) is 0 Å². The Bertz CT molecular complexity index is 852. The van der Waals surface area contributed by atoms with E-state index >= 15 is 0 Å². The van der Waals surface area contributed by atoms with Crippen LogP contribution in [0, 0.1) is 6.92 Å². The highest BCUT2D eigenvalue weighted by molar-refractivity contribution is 7.41. The molecule has 1 aromatic heterocycles. The Morgan fingerprint density at radius 3 is 3.00 bits per heavy atom. The van der Waals surface area contributed by atoms with Crippen molar-refractivity contribution < 1.29 is 4.74 Å². The van der Waals surface area contributed by atoms with Crippen LogP contribution in [0.2, 0.25) is 0 Å². The van der Waals surface area contributed by atoms with E-state index < -0.39 is 0 Å². The Labute approximate surface area is 183 Å². The first-order valence-electron chi connectivity index (χ1n) is 11.2. The van der Waals surface area contributed by atoms with E-state index in [1.165, 1.54) is 28.4 Å². The lowest BCUT2D eigenvalue weighted by Crippen LogP contribution is -2.25. The molecule has 162 valence electrons. The first kappa shape index (κ1) is 22.8. The molecule has 3 rings (SSSR count). The lowest BCUT2D eigenvalue weighted by Gasteiger charge is -2.22. The van der Waals surface area contributed by atoms with Crippen molar-refractivity contribution in [2.24, 2.45) is 5.73 Å². The Morgan fingerprint density at radius 2 is 2.20 bits per heavy atom. The minimum Gasteiger partial charge on any atom is -0.492 e. The SMILES string of the molecule is CCP/C=C(\N)CCC(CC)c1ccc(C)c(CN2CCOc3ccncc3C2)c1. The van der Waals surface area contributed by atoms with Gasteiger partial charge in [0, 0.05) is 43.3 Å². The quantitative estimate of drug-likeness (QED) is 0.535. The zero-order chi connectivity index (χ0) is 21.3. The van der Waals surface area contributed by atoms with Crippen LogP contribution in [0.5, 0.6) is 5.75 Å². The lowest BCUT2D eigenvalue weighted by atomic mass is 9.89. The molecule has 2 unspecified atom stereocenters. The van der Waals surface area contributed by atoms with Gasteiger partial charge in [0.05, 0.1) is 0 Å². The fourth-order valence-electron chi connectivity index (χ4n) is 4.02.